The topological polar surface area (TPSA) is 3.24 Å². The van der Waals surface area contributed by atoms with E-state index < -0.39 is 12.5 Å². The highest BCUT2D eigenvalue weighted by atomic mass is 19.3. The molecule has 3 heteroatoms. The van der Waals surface area contributed by atoms with Crippen LogP contribution in [-0.4, -0.2) is 31.0 Å². The molecule has 0 bridgehead atoms. The van der Waals surface area contributed by atoms with Gasteiger partial charge >= 0.3 is 0 Å². The summed E-state index contributed by atoms with van der Waals surface area (Å²) in [6.07, 6.45) is -0.367. The molecule has 0 aliphatic carbocycles. The maximum atomic E-state index is 12.4. The molecule has 0 aromatic rings. The third-order valence-electron chi connectivity index (χ3n) is 2.63. The molecule has 0 amide bonds. The van der Waals surface area contributed by atoms with Crippen molar-refractivity contribution in [3.63, 3.8) is 0 Å². The van der Waals surface area contributed by atoms with Crippen molar-refractivity contribution >= 4 is 0 Å². The highest BCUT2D eigenvalue weighted by molar-refractivity contribution is 4.85. The van der Waals surface area contributed by atoms with Crippen molar-refractivity contribution in [1.29, 1.82) is 0 Å². The van der Waals surface area contributed by atoms with Crippen LogP contribution in [-0.2, 0) is 0 Å². The van der Waals surface area contributed by atoms with Gasteiger partial charge in [-0.15, -0.1) is 0 Å². The summed E-state index contributed by atoms with van der Waals surface area (Å²) in [4.78, 5) is 1.78. The van der Waals surface area contributed by atoms with Gasteiger partial charge in [-0.2, -0.15) is 0 Å². The second kappa shape index (κ2) is 3.48. The Morgan fingerprint density at radius 2 is 2.18 bits per heavy atom. The smallest absolute Gasteiger partial charge is 0.254 e. The van der Waals surface area contributed by atoms with Gasteiger partial charge in [0.25, 0.3) is 6.43 Å². The molecule has 0 N–H and O–H groups in total. The lowest BCUT2D eigenvalue weighted by Crippen LogP contribution is -2.35. The summed E-state index contributed by atoms with van der Waals surface area (Å²) >= 11 is 0. The molecule has 0 aromatic carbocycles. The Kier molecular flexibility index (Phi) is 2.82. The SMILES string of the molecule is CCC1CCN(C)C1C(F)F. The molecule has 0 aromatic heterocycles. The Balaban J connectivity index is 2.56. The number of alkyl halides is 2. The van der Waals surface area contributed by atoms with Crippen LogP contribution >= 0.6 is 0 Å². The van der Waals surface area contributed by atoms with Crippen LogP contribution in [0, 0.1) is 5.92 Å². The first-order valence-corrected chi connectivity index (χ1v) is 4.15. The number of likely N-dealkylation sites (tertiary alicyclic amines) is 1. The van der Waals surface area contributed by atoms with Crippen LogP contribution in [0.2, 0.25) is 0 Å². The summed E-state index contributed by atoms with van der Waals surface area (Å²) in [7, 11) is 1.78. The van der Waals surface area contributed by atoms with Crippen LogP contribution in [0.25, 0.3) is 0 Å². The summed E-state index contributed by atoms with van der Waals surface area (Å²) in [5, 5.41) is 0. The summed E-state index contributed by atoms with van der Waals surface area (Å²) in [5.74, 6) is 0.208. The average Bonchev–Trinajstić information content (AvgIpc) is 2.30. The molecule has 0 radical (unpaired) electrons. The number of hydrogen-bond donors (Lipinski definition) is 0. The summed E-state index contributed by atoms with van der Waals surface area (Å²) in [5.41, 5.74) is 0. The highest BCUT2D eigenvalue weighted by Crippen LogP contribution is 2.29. The molecule has 2 atom stereocenters. The van der Waals surface area contributed by atoms with Crippen molar-refractivity contribution in [3.8, 4) is 0 Å². The third-order valence-corrected chi connectivity index (χ3v) is 2.63. The monoisotopic (exact) mass is 163 g/mol. The van der Waals surface area contributed by atoms with E-state index in [-0.39, 0.29) is 5.92 Å². The van der Waals surface area contributed by atoms with Crippen LogP contribution in [0.1, 0.15) is 19.8 Å². The van der Waals surface area contributed by atoms with E-state index in [1.165, 1.54) is 0 Å². The van der Waals surface area contributed by atoms with Gasteiger partial charge in [-0.1, -0.05) is 13.3 Å². The van der Waals surface area contributed by atoms with Gasteiger partial charge in [0.2, 0.25) is 0 Å². The summed E-state index contributed by atoms with van der Waals surface area (Å²) < 4.78 is 24.8. The molecule has 1 heterocycles. The van der Waals surface area contributed by atoms with Gasteiger partial charge in [0.1, 0.15) is 0 Å². The number of halogens is 2. The van der Waals surface area contributed by atoms with Gasteiger partial charge in [0.15, 0.2) is 0 Å². The Morgan fingerprint density at radius 3 is 2.55 bits per heavy atom. The third kappa shape index (κ3) is 1.70. The Morgan fingerprint density at radius 1 is 1.55 bits per heavy atom. The Hall–Kier alpha value is -0.180. The first-order valence-electron chi connectivity index (χ1n) is 4.15. The second-order valence-electron chi connectivity index (χ2n) is 3.26. The minimum atomic E-state index is -2.17. The molecular weight excluding hydrogens is 148 g/mol. The zero-order valence-corrected chi connectivity index (χ0v) is 7.06. The van der Waals surface area contributed by atoms with E-state index in [0.29, 0.717) is 0 Å². The molecule has 11 heavy (non-hydrogen) atoms. The van der Waals surface area contributed by atoms with Gasteiger partial charge in [-0.3, -0.25) is 4.90 Å². The molecule has 1 rings (SSSR count). The van der Waals surface area contributed by atoms with Crippen molar-refractivity contribution in [3.05, 3.63) is 0 Å². The maximum Gasteiger partial charge on any atom is 0.254 e. The minimum absolute atomic E-state index is 0.208. The molecule has 2 unspecified atom stereocenters. The van der Waals surface area contributed by atoms with E-state index in [4.69, 9.17) is 0 Å². The van der Waals surface area contributed by atoms with Gasteiger partial charge < -0.3 is 0 Å². The standard InChI is InChI=1S/C8H15F2N/c1-3-6-4-5-11(2)7(6)8(9)10/h6-8H,3-5H2,1-2H3. The van der Waals surface area contributed by atoms with E-state index in [2.05, 4.69) is 0 Å². The van der Waals surface area contributed by atoms with Gasteiger partial charge in [-0.05, 0) is 25.9 Å². The number of nitrogens with zero attached hydrogens (tertiary/aromatic N) is 1. The van der Waals surface area contributed by atoms with Gasteiger partial charge in [0.05, 0.1) is 6.04 Å². The summed E-state index contributed by atoms with van der Waals surface area (Å²) in [6.45, 7) is 2.81. The van der Waals surface area contributed by atoms with E-state index in [0.717, 1.165) is 19.4 Å². The molecule has 1 saturated heterocycles. The van der Waals surface area contributed by atoms with E-state index in [1.54, 1.807) is 11.9 Å². The quantitative estimate of drug-likeness (QED) is 0.601. The fourth-order valence-electron chi connectivity index (χ4n) is 1.89. The van der Waals surface area contributed by atoms with Crippen LogP contribution in [0.5, 0.6) is 0 Å². The minimum Gasteiger partial charge on any atom is -0.298 e. The van der Waals surface area contributed by atoms with Crippen LogP contribution < -0.4 is 0 Å². The highest BCUT2D eigenvalue weighted by Gasteiger charge is 2.36. The number of hydrogen-bond acceptors (Lipinski definition) is 1. The van der Waals surface area contributed by atoms with Crippen molar-refractivity contribution in [2.45, 2.75) is 32.2 Å². The van der Waals surface area contributed by atoms with Crippen LogP contribution in [0.15, 0.2) is 0 Å². The lowest BCUT2D eigenvalue weighted by molar-refractivity contribution is 0.0383. The van der Waals surface area contributed by atoms with Crippen molar-refractivity contribution < 1.29 is 8.78 Å². The Bertz CT molecular complexity index is 127. The first-order chi connectivity index (χ1) is 5.16. The van der Waals surface area contributed by atoms with E-state index >= 15 is 0 Å². The Labute approximate surface area is 66.4 Å². The number of rotatable bonds is 2. The lowest BCUT2D eigenvalue weighted by atomic mass is 9.98. The molecule has 1 aliphatic heterocycles. The second-order valence-corrected chi connectivity index (χ2v) is 3.26. The molecule has 66 valence electrons. The molecule has 1 aliphatic rings. The van der Waals surface area contributed by atoms with E-state index in [9.17, 15) is 8.78 Å². The zero-order valence-electron chi connectivity index (χ0n) is 7.06. The zero-order chi connectivity index (χ0) is 8.43. The fraction of sp³-hybridized carbons (Fsp3) is 1.00. The predicted octanol–water partition coefficient (Wildman–Crippen LogP) is 1.98. The van der Waals surface area contributed by atoms with Crippen molar-refractivity contribution in [2.24, 2.45) is 5.92 Å². The predicted molar refractivity (Wildman–Crippen MR) is 40.8 cm³/mol. The van der Waals surface area contributed by atoms with Crippen LogP contribution in [0.4, 0.5) is 8.78 Å². The maximum absolute atomic E-state index is 12.4. The molecule has 0 spiro atoms. The average molecular weight is 163 g/mol. The van der Waals surface area contributed by atoms with Crippen LogP contribution in [0.3, 0.4) is 0 Å². The molecule has 0 saturated carbocycles. The van der Waals surface area contributed by atoms with Crippen molar-refractivity contribution in [1.82, 2.24) is 4.90 Å². The molecule has 1 nitrogen and oxygen atoms in total. The normalized spacial score (nSPS) is 33.5. The molecular formula is C8H15F2N. The largest absolute Gasteiger partial charge is 0.298 e. The molecule has 1 fully saturated rings. The van der Waals surface area contributed by atoms with E-state index in [1.807, 2.05) is 6.92 Å². The first kappa shape index (κ1) is 8.91. The lowest BCUT2D eigenvalue weighted by Gasteiger charge is -2.22. The van der Waals surface area contributed by atoms with Crippen molar-refractivity contribution in [2.75, 3.05) is 13.6 Å². The summed E-state index contributed by atoms with van der Waals surface area (Å²) in [6, 6.07) is -0.486. The van der Waals surface area contributed by atoms with Gasteiger partial charge in [-0.25, -0.2) is 8.78 Å². The van der Waals surface area contributed by atoms with Gasteiger partial charge in [0, 0.05) is 0 Å². The fourth-order valence-corrected chi connectivity index (χ4v) is 1.89.